The average Bonchev–Trinajstić information content (AvgIpc) is 1.55. The monoisotopic (exact) mass is 1590 g/mol. The molecule has 120 heavy (non-hydrogen) atoms. The third kappa shape index (κ3) is 11.2. The Hall–Kier alpha value is -12.1. The average molecular weight is 1590 g/mol. The molecular formula is C103H108N12O5. The van der Waals surface area contributed by atoms with Crippen LogP contribution in [0.3, 0.4) is 0 Å². The maximum absolute atomic E-state index is 6.98. The minimum absolute atomic E-state index is 0.237. The number of piperidine rings is 1. The molecule has 0 radical (unpaired) electrons. The van der Waals surface area contributed by atoms with E-state index in [2.05, 4.69) is 355 Å². The second-order valence-corrected chi connectivity index (χ2v) is 36.4. The summed E-state index contributed by atoms with van der Waals surface area (Å²) < 4.78 is 33.3. The first-order chi connectivity index (χ1) is 57.9. The zero-order valence-corrected chi connectivity index (χ0v) is 71.7. The molecule has 0 amide bonds. The maximum atomic E-state index is 6.98. The summed E-state index contributed by atoms with van der Waals surface area (Å²) in [5.74, 6) is 3.44. The largest absolute Gasteiger partial charge is 0.459 e. The number of hydrogen-bond acceptors (Lipinski definition) is 17. The summed E-state index contributed by atoms with van der Waals surface area (Å²) in [6.07, 6.45) is 14.4. The van der Waals surface area contributed by atoms with Gasteiger partial charge in [-0.05, 0) is 134 Å². The van der Waals surface area contributed by atoms with Gasteiger partial charge in [0.2, 0.25) is 22.9 Å². The van der Waals surface area contributed by atoms with Crippen molar-refractivity contribution in [1.29, 1.82) is 0 Å². The quantitative estimate of drug-likeness (QED) is 0.166. The van der Waals surface area contributed by atoms with E-state index >= 15 is 0 Å². The fourth-order valence-corrected chi connectivity index (χ4v) is 21.7. The lowest BCUT2D eigenvalue weighted by molar-refractivity contribution is 0.0826. The molecule has 3 saturated heterocycles. The Morgan fingerprint density at radius 1 is 0.275 bits per heavy atom. The van der Waals surface area contributed by atoms with Gasteiger partial charge in [-0.2, -0.15) is 0 Å². The van der Waals surface area contributed by atoms with Crippen LogP contribution in [0.25, 0.3) is 43.1 Å². The molecule has 23 rings (SSSR count). The fraction of sp³-hybridized carbons (Fsp3) is 0.340. The summed E-state index contributed by atoms with van der Waals surface area (Å²) in [5, 5.41) is 9.50. The molecule has 11 aliphatic rings. The van der Waals surface area contributed by atoms with Gasteiger partial charge < -0.3 is 62.9 Å². The Morgan fingerprint density at radius 2 is 0.517 bits per heavy atom. The Kier molecular flexibility index (Phi) is 18.1. The van der Waals surface area contributed by atoms with Crippen molar-refractivity contribution in [2.24, 2.45) is 20.0 Å². The lowest BCUT2D eigenvalue weighted by atomic mass is 9.77. The van der Waals surface area contributed by atoms with E-state index in [1.807, 2.05) is 24.9 Å². The van der Waals surface area contributed by atoms with Gasteiger partial charge in [-0.1, -0.05) is 170 Å². The Balaban J connectivity index is 0.000000102. The van der Waals surface area contributed by atoms with Crippen molar-refractivity contribution in [2.75, 3.05) is 134 Å². The van der Waals surface area contributed by atoms with Gasteiger partial charge in [0.15, 0.2) is 23.0 Å². The van der Waals surface area contributed by atoms with Crippen LogP contribution in [0.5, 0.6) is 23.0 Å². The highest BCUT2D eigenvalue weighted by atomic mass is 16.5. The van der Waals surface area contributed by atoms with Crippen LogP contribution in [0.15, 0.2) is 238 Å². The van der Waals surface area contributed by atoms with Crippen molar-refractivity contribution in [3.8, 4) is 23.0 Å². The van der Waals surface area contributed by atoms with E-state index in [0.717, 1.165) is 115 Å². The van der Waals surface area contributed by atoms with Crippen LogP contribution in [0.2, 0.25) is 0 Å². The third-order valence-corrected chi connectivity index (χ3v) is 28.7. The maximum Gasteiger partial charge on any atom is 0.228 e. The first-order valence-electron chi connectivity index (χ1n) is 43.0. The number of nitrogens with zero attached hydrogens (tertiary/aromatic N) is 12. The molecule has 4 spiro atoms. The number of para-hydroxylation sites is 4. The summed E-state index contributed by atoms with van der Waals surface area (Å²) in [6.45, 7) is 25.7. The van der Waals surface area contributed by atoms with Gasteiger partial charge in [0.1, 0.15) is 22.7 Å². The molecule has 11 heterocycles. The number of anilines is 8. The molecule has 0 saturated carbocycles. The van der Waals surface area contributed by atoms with Gasteiger partial charge in [0.25, 0.3) is 0 Å². The van der Waals surface area contributed by atoms with Gasteiger partial charge in [-0.25, -0.2) is 0 Å². The first-order valence-corrected chi connectivity index (χ1v) is 43.0. The molecule has 0 N–H and O–H groups in total. The second-order valence-electron chi connectivity index (χ2n) is 36.4. The Labute approximate surface area is 705 Å². The number of likely N-dealkylation sites (N-methyl/N-ethyl adjacent to an activating group) is 4. The molecule has 12 aromatic carbocycles. The van der Waals surface area contributed by atoms with Crippen molar-refractivity contribution < 1.29 is 23.7 Å². The second kappa shape index (κ2) is 28.3. The van der Waals surface area contributed by atoms with Crippen LogP contribution < -0.4 is 58.1 Å². The standard InChI is InChI=1S/C27H29N3O.C26H27N3O2.C26H27N3O.C24H25N3O/c1-26(2)21-13-7-8-14-22(21)29(3)27(26)18-28-25-20-12-6-5-11-19(20)23(17-24(25)31-27)30-15-9-4-10-16-30;1-25(2)20-10-6-7-11-21(20)28(3)26(25)17-27-24-19-9-5-4-8-18(19)22(16-23(24)31-26)29-12-14-30-15-13-29;1-25(2)20-12-6-7-13-21(20)28(3)26(25)17-27-24-19-11-5-4-10-18(19)22(16-23(24)30-26)29-14-8-9-15-29;1-23(2)18-12-8-9-13-19(18)27(5)24(23)15-25-22-17-11-7-6-10-16(17)20(26(3)4)14-21(22)28-24/h5-8,11-14,17-18H,4,9-10,15-16H2,1-3H3;4-11,16-17H,12-15H2,1-3H3;4-7,10-13,16-17H,8-9,14-15H2,1-3H3;6-15H,1-5H3. The molecule has 3 fully saturated rings. The number of ether oxygens (including phenoxy) is 5. The molecule has 4 atom stereocenters. The van der Waals surface area contributed by atoms with Crippen LogP contribution >= 0.6 is 0 Å². The first kappa shape index (κ1) is 76.6. The van der Waals surface area contributed by atoms with Crippen LogP contribution in [-0.4, -0.2) is 143 Å². The number of fused-ring (bicyclic) bond motifs is 16. The number of morpholine rings is 1. The highest BCUT2D eigenvalue weighted by molar-refractivity contribution is 6.10. The molecule has 12 aromatic rings. The number of aliphatic imine (C=N–C) groups is 4. The van der Waals surface area contributed by atoms with Gasteiger partial charge in [0.05, 0.1) is 59.7 Å². The van der Waals surface area contributed by atoms with E-state index in [9.17, 15) is 0 Å². The molecule has 11 aliphatic heterocycles. The molecule has 17 nitrogen and oxygen atoms in total. The van der Waals surface area contributed by atoms with Gasteiger partial charge in [-0.3, -0.25) is 20.0 Å². The minimum atomic E-state index is -0.672. The van der Waals surface area contributed by atoms with Gasteiger partial charge in [-0.15, -0.1) is 0 Å². The SMILES string of the molecule is CN(C)c1cc2c(c3ccccc13)N=CC1(O2)N(C)c2ccccc2C1(C)C.CN1c2ccccc2C(C)(C)C12C=Nc1c(cc(N3CCCC3)c3ccccc13)O2.CN1c2ccccc2C(C)(C)C12C=Nc1c(cc(N3CCCCC3)c3ccccc13)O2.CN1c2ccccc2C(C)(C)C12C=Nc1c(cc(N3CCOCC3)c3ccccc13)O2. The van der Waals surface area contributed by atoms with Crippen molar-refractivity contribution in [3.05, 3.63) is 241 Å². The Bertz CT molecular complexity index is 6060. The molecule has 0 aromatic heterocycles. The van der Waals surface area contributed by atoms with Crippen molar-refractivity contribution >= 4 is 136 Å². The number of rotatable bonds is 4. The molecule has 17 heteroatoms. The highest BCUT2D eigenvalue weighted by Crippen LogP contribution is 2.61. The van der Waals surface area contributed by atoms with E-state index < -0.39 is 22.9 Å². The van der Waals surface area contributed by atoms with Crippen LogP contribution in [0.1, 0.15) is 110 Å². The topological polar surface area (TPSA) is 122 Å². The Morgan fingerprint density at radius 3 is 0.808 bits per heavy atom. The summed E-state index contributed by atoms with van der Waals surface area (Å²) in [6, 6.07) is 77.2. The molecule has 610 valence electrons. The van der Waals surface area contributed by atoms with Crippen LogP contribution in [0, 0.1) is 0 Å². The van der Waals surface area contributed by atoms with E-state index in [4.69, 9.17) is 43.7 Å². The predicted octanol–water partition coefficient (Wildman–Crippen LogP) is 21.7. The number of hydrogen-bond donors (Lipinski definition) is 0. The normalized spacial score (nSPS) is 23.2. The van der Waals surface area contributed by atoms with Crippen molar-refractivity contribution in [2.45, 2.75) is 132 Å². The molecule has 4 unspecified atom stereocenters. The predicted molar refractivity (Wildman–Crippen MR) is 498 cm³/mol. The van der Waals surface area contributed by atoms with Gasteiger partial charge in [0, 0.05) is 194 Å². The summed E-state index contributed by atoms with van der Waals surface area (Å²) in [4.78, 5) is 38.6. The highest BCUT2D eigenvalue weighted by Gasteiger charge is 2.63. The lowest BCUT2D eigenvalue weighted by Gasteiger charge is -2.45. The van der Waals surface area contributed by atoms with E-state index in [1.165, 1.54) is 126 Å². The summed E-state index contributed by atoms with van der Waals surface area (Å²) in [5.41, 5.74) is 14.9. The minimum Gasteiger partial charge on any atom is -0.459 e. The molecule has 0 aliphatic carbocycles. The van der Waals surface area contributed by atoms with E-state index in [0.29, 0.717) is 0 Å². The number of benzene rings is 12. The lowest BCUT2D eigenvalue weighted by Crippen LogP contribution is -2.61. The van der Waals surface area contributed by atoms with Gasteiger partial charge >= 0.3 is 0 Å². The van der Waals surface area contributed by atoms with Crippen molar-refractivity contribution in [1.82, 2.24) is 0 Å². The zero-order valence-electron chi connectivity index (χ0n) is 71.7. The van der Waals surface area contributed by atoms with Crippen LogP contribution in [-0.2, 0) is 26.4 Å². The van der Waals surface area contributed by atoms with Crippen molar-refractivity contribution in [3.63, 3.8) is 0 Å². The summed E-state index contributed by atoms with van der Waals surface area (Å²) in [7, 11) is 12.6. The summed E-state index contributed by atoms with van der Waals surface area (Å²) >= 11 is 0. The zero-order chi connectivity index (χ0) is 82.6. The smallest absolute Gasteiger partial charge is 0.228 e. The molecule has 0 bridgehead atoms. The van der Waals surface area contributed by atoms with E-state index in [-0.39, 0.29) is 21.7 Å². The third-order valence-electron chi connectivity index (χ3n) is 28.7. The molecular weight excluding hydrogens is 1490 g/mol. The van der Waals surface area contributed by atoms with E-state index in [1.54, 1.807) is 0 Å². The fourth-order valence-electron chi connectivity index (χ4n) is 21.7. The van der Waals surface area contributed by atoms with Crippen LogP contribution in [0.4, 0.5) is 68.2 Å².